The summed E-state index contributed by atoms with van der Waals surface area (Å²) in [5.74, 6) is 0.0743. The van der Waals surface area contributed by atoms with Gasteiger partial charge in [-0.3, -0.25) is 0 Å². The lowest BCUT2D eigenvalue weighted by Crippen LogP contribution is -2.43. The normalized spacial score (nSPS) is 14.7. The second kappa shape index (κ2) is 9.42. The van der Waals surface area contributed by atoms with Gasteiger partial charge in [-0.2, -0.15) is 21.0 Å². The second-order valence-corrected chi connectivity index (χ2v) is 9.04. The quantitative estimate of drug-likeness (QED) is 0.607. The summed E-state index contributed by atoms with van der Waals surface area (Å²) in [5.41, 5.74) is 0.254. The SMILES string of the molecule is COc1ccc(S(=O)(=O)N(Cl)c2cc(Cl)ccc2OC(F)F)cc1N1CCNCC1. The van der Waals surface area contributed by atoms with Crippen LogP contribution in [0.3, 0.4) is 0 Å². The topological polar surface area (TPSA) is 71.1 Å². The van der Waals surface area contributed by atoms with Gasteiger partial charge >= 0.3 is 6.61 Å². The molecule has 0 radical (unpaired) electrons. The molecule has 0 spiro atoms. The summed E-state index contributed by atoms with van der Waals surface area (Å²) in [5, 5.41) is 3.32. The first-order valence-electron chi connectivity index (χ1n) is 8.83. The summed E-state index contributed by atoms with van der Waals surface area (Å²) in [6, 6.07) is 7.82. The summed E-state index contributed by atoms with van der Waals surface area (Å²) < 4.78 is 61.9. The van der Waals surface area contributed by atoms with Gasteiger partial charge in [0, 0.05) is 43.0 Å². The molecule has 0 saturated carbocycles. The first kappa shape index (κ1) is 22.7. The van der Waals surface area contributed by atoms with Crippen molar-refractivity contribution in [3.63, 3.8) is 0 Å². The van der Waals surface area contributed by atoms with Crippen molar-refractivity contribution in [1.29, 1.82) is 0 Å². The van der Waals surface area contributed by atoms with Gasteiger partial charge in [0.05, 0.1) is 17.7 Å². The maximum absolute atomic E-state index is 13.2. The first-order valence-corrected chi connectivity index (χ1v) is 11.0. The van der Waals surface area contributed by atoms with Gasteiger partial charge in [-0.05, 0) is 36.4 Å². The van der Waals surface area contributed by atoms with Crippen molar-refractivity contribution in [2.75, 3.05) is 42.0 Å². The molecule has 1 fully saturated rings. The number of piperazine rings is 1. The summed E-state index contributed by atoms with van der Waals surface area (Å²) >= 11 is 12.0. The number of hydrogen-bond donors (Lipinski definition) is 1. The van der Waals surface area contributed by atoms with Gasteiger partial charge in [0.1, 0.15) is 11.4 Å². The minimum Gasteiger partial charge on any atom is -0.495 e. The van der Waals surface area contributed by atoms with Crippen LogP contribution in [0.25, 0.3) is 0 Å². The van der Waals surface area contributed by atoms with Crippen molar-refractivity contribution < 1.29 is 26.7 Å². The Balaban J connectivity index is 2.02. The number of sulfonamides is 1. The van der Waals surface area contributed by atoms with Crippen molar-refractivity contribution in [1.82, 2.24) is 5.32 Å². The molecule has 1 aliphatic heterocycles. The number of halogens is 4. The van der Waals surface area contributed by atoms with Gasteiger partial charge in [-0.25, -0.2) is 0 Å². The van der Waals surface area contributed by atoms with Crippen molar-refractivity contribution in [2.24, 2.45) is 0 Å². The lowest BCUT2D eigenvalue weighted by atomic mass is 10.2. The van der Waals surface area contributed by atoms with Crippen LogP contribution in [-0.2, 0) is 10.0 Å². The summed E-state index contributed by atoms with van der Waals surface area (Å²) in [6.07, 6.45) is 0. The van der Waals surface area contributed by atoms with E-state index in [2.05, 4.69) is 10.1 Å². The molecule has 1 N–H and O–H groups in total. The molecule has 0 amide bonds. The number of methoxy groups -OCH3 is 1. The molecule has 164 valence electrons. The van der Waals surface area contributed by atoms with Crippen LogP contribution in [0.15, 0.2) is 41.3 Å². The van der Waals surface area contributed by atoms with Crippen molar-refractivity contribution >= 4 is 44.8 Å². The van der Waals surface area contributed by atoms with Gasteiger partial charge < -0.3 is 19.7 Å². The van der Waals surface area contributed by atoms with Crippen LogP contribution >= 0.6 is 23.4 Å². The number of nitrogens with one attached hydrogen (secondary N) is 1. The number of anilines is 2. The first-order chi connectivity index (χ1) is 14.2. The molecule has 0 unspecified atom stereocenters. The molecule has 0 aromatic heterocycles. The molecule has 0 atom stereocenters. The number of ether oxygens (including phenoxy) is 2. The fraction of sp³-hybridized carbons (Fsp3) is 0.333. The molecule has 30 heavy (non-hydrogen) atoms. The van der Waals surface area contributed by atoms with Gasteiger partial charge in [-0.1, -0.05) is 11.6 Å². The number of benzene rings is 2. The van der Waals surface area contributed by atoms with Gasteiger partial charge in [0.25, 0.3) is 10.0 Å². The molecule has 12 heteroatoms. The standard InChI is InChI=1S/C18H19Cl2F2N3O4S/c1-28-16-5-3-13(11-14(16)24-8-6-23-7-9-24)30(26,27)25(20)15-10-12(19)2-4-17(15)29-18(21)22/h2-5,10-11,18,23H,6-9H2,1H3. The minimum atomic E-state index is -4.34. The Kier molecular flexibility index (Phi) is 7.12. The fourth-order valence-electron chi connectivity index (χ4n) is 3.03. The molecule has 0 bridgehead atoms. The van der Waals surface area contributed by atoms with Crippen LogP contribution in [0.4, 0.5) is 20.2 Å². The van der Waals surface area contributed by atoms with E-state index >= 15 is 0 Å². The molecule has 1 heterocycles. The highest BCUT2D eigenvalue weighted by Crippen LogP contribution is 2.39. The maximum atomic E-state index is 13.2. The number of rotatable bonds is 7. The van der Waals surface area contributed by atoms with E-state index in [1.165, 1.54) is 31.4 Å². The van der Waals surface area contributed by atoms with E-state index in [1.807, 2.05) is 4.90 Å². The summed E-state index contributed by atoms with van der Waals surface area (Å²) in [6.45, 7) is -0.383. The lowest BCUT2D eigenvalue weighted by Gasteiger charge is -2.31. The Morgan fingerprint density at radius 3 is 2.43 bits per heavy atom. The molecule has 1 saturated heterocycles. The third-order valence-electron chi connectivity index (χ3n) is 4.44. The monoisotopic (exact) mass is 481 g/mol. The van der Waals surface area contributed by atoms with E-state index in [1.54, 1.807) is 0 Å². The predicted molar refractivity (Wildman–Crippen MR) is 112 cm³/mol. The molecule has 2 aromatic rings. The maximum Gasteiger partial charge on any atom is 0.387 e. The Morgan fingerprint density at radius 2 is 1.80 bits per heavy atom. The zero-order chi connectivity index (χ0) is 21.9. The molecule has 1 aliphatic rings. The van der Waals surface area contributed by atoms with E-state index in [4.69, 9.17) is 28.1 Å². The van der Waals surface area contributed by atoms with Crippen LogP contribution in [0.2, 0.25) is 5.02 Å². The highest BCUT2D eigenvalue weighted by molar-refractivity contribution is 7.94. The lowest BCUT2D eigenvalue weighted by molar-refractivity contribution is -0.0493. The average molecular weight is 482 g/mol. The largest absolute Gasteiger partial charge is 0.495 e. The van der Waals surface area contributed by atoms with Crippen molar-refractivity contribution in [3.8, 4) is 11.5 Å². The Hall–Kier alpha value is -2.01. The van der Waals surface area contributed by atoms with Crippen LogP contribution in [-0.4, -0.2) is 48.3 Å². The van der Waals surface area contributed by atoms with Crippen LogP contribution < -0.4 is 23.5 Å². The average Bonchev–Trinajstić information content (AvgIpc) is 2.74. The summed E-state index contributed by atoms with van der Waals surface area (Å²) in [7, 11) is -2.85. The van der Waals surface area contributed by atoms with Crippen LogP contribution in [0.1, 0.15) is 0 Å². The van der Waals surface area contributed by atoms with Gasteiger partial charge in [0.15, 0.2) is 5.75 Å². The molecule has 7 nitrogen and oxygen atoms in total. The van der Waals surface area contributed by atoms with E-state index in [-0.39, 0.29) is 15.6 Å². The molecule has 3 rings (SSSR count). The molecule has 0 aliphatic carbocycles. The van der Waals surface area contributed by atoms with Crippen LogP contribution in [0, 0.1) is 0 Å². The zero-order valence-corrected chi connectivity index (χ0v) is 18.1. The van der Waals surface area contributed by atoms with Gasteiger partial charge in [-0.15, -0.1) is 0 Å². The fourth-order valence-corrected chi connectivity index (χ4v) is 4.65. The molecular weight excluding hydrogens is 463 g/mol. The Morgan fingerprint density at radius 1 is 1.13 bits per heavy atom. The minimum absolute atomic E-state index is 0.101. The molecule has 2 aromatic carbocycles. The van der Waals surface area contributed by atoms with E-state index < -0.39 is 22.4 Å². The highest BCUT2D eigenvalue weighted by Gasteiger charge is 2.29. The summed E-state index contributed by atoms with van der Waals surface area (Å²) in [4.78, 5) is 1.84. The van der Waals surface area contributed by atoms with E-state index in [0.717, 1.165) is 25.2 Å². The molecular formula is C18H19Cl2F2N3O4S. The van der Waals surface area contributed by atoms with E-state index in [9.17, 15) is 17.2 Å². The van der Waals surface area contributed by atoms with Crippen molar-refractivity contribution in [3.05, 3.63) is 41.4 Å². The smallest absolute Gasteiger partial charge is 0.387 e. The number of alkyl halides is 2. The predicted octanol–water partition coefficient (Wildman–Crippen LogP) is 3.71. The Bertz CT molecular complexity index is 1000. The number of nitrogens with zero attached hydrogens (tertiary/aromatic N) is 2. The van der Waals surface area contributed by atoms with Gasteiger partial charge in [0.2, 0.25) is 0 Å². The Labute approximate surface area is 183 Å². The second-order valence-electron chi connectivity index (χ2n) is 6.28. The van der Waals surface area contributed by atoms with Crippen LogP contribution in [0.5, 0.6) is 11.5 Å². The third kappa shape index (κ3) is 4.83. The highest BCUT2D eigenvalue weighted by atomic mass is 35.5. The van der Waals surface area contributed by atoms with E-state index in [0.29, 0.717) is 28.4 Å². The number of hydrogen-bond acceptors (Lipinski definition) is 6. The third-order valence-corrected chi connectivity index (χ3v) is 6.87. The van der Waals surface area contributed by atoms with Crippen molar-refractivity contribution in [2.45, 2.75) is 11.5 Å². The zero-order valence-electron chi connectivity index (χ0n) is 15.8.